The number of nitrogens with zero attached hydrogens (tertiary/aromatic N) is 4. The number of hydrogen-bond acceptors (Lipinski definition) is 6. The minimum Gasteiger partial charge on any atom is -0.369 e. The van der Waals surface area contributed by atoms with Crippen LogP contribution in [-0.4, -0.2) is 65.7 Å². The minimum atomic E-state index is -0.325. The molecule has 0 radical (unpaired) electrons. The minimum absolute atomic E-state index is 0.161. The second-order valence-electron chi connectivity index (χ2n) is 8.39. The molecule has 5 rings (SSSR count). The van der Waals surface area contributed by atoms with Gasteiger partial charge in [0.15, 0.2) is 0 Å². The zero-order valence-corrected chi connectivity index (χ0v) is 18.4. The molecule has 4 heterocycles. The molecule has 0 bridgehead atoms. The molecule has 2 aliphatic rings. The van der Waals surface area contributed by atoms with Crippen molar-refractivity contribution in [3.8, 4) is 0 Å². The van der Waals surface area contributed by atoms with Crippen LogP contribution in [0.25, 0.3) is 10.2 Å². The molecule has 0 amide bonds. The Morgan fingerprint density at radius 1 is 1.03 bits per heavy atom. The van der Waals surface area contributed by atoms with Crippen LogP contribution in [0.1, 0.15) is 10.4 Å². The molecule has 0 spiro atoms. The van der Waals surface area contributed by atoms with Gasteiger partial charge in [0.2, 0.25) is 0 Å². The second kappa shape index (κ2) is 8.22. The fourth-order valence-corrected chi connectivity index (χ4v) is 5.87. The van der Waals surface area contributed by atoms with Gasteiger partial charge in [0, 0.05) is 62.9 Å². The molecule has 0 unspecified atom stereocenters. The van der Waals surface area contributed by atoms with E-state index in [1.165, 1.54) is 32.9 Å². The number of nitrogens with one attached hydrogen (secondary N) is 1. The van der Waals surface area contributed by atoms with Crippen molar-refractivity contribution in [2.75, 3.05) is 51.2 Å². The van der Waals surface area contributed by atoms with Crippen LogP contribution in [0.15, 0.2) is 33.9 Å². The summed E-state index contributed by atoms with van der Waals surface area (Å²) < 4.78 is 14.5. The van der Waals surface area contributed by atoms with E-state index in [0.717, 1.165) is 56.9 Å². The van der Waals surface area contributed by atoms with E-state index in [0.29, 0.717) is 23.3 Å². The van der Waals surface area contributed by atoms with E-state index in [1.807, 2.05) is 0 Å². The number of thiophene rings is 1. The van der Waals surface area contributed by atoms with Crippen molar-refractivity contribution in [2.24, 2.45) is 0 Å². The largest absolute Gasteiger partial charge is 0.369 e. The van der Waals surface area contributed by atoms with Crippen molar-refractivity contribution < 1.29 is 4.39 Å². The Labute approximate surface area is 183 Å². The molecular weight excluding hydrogens is 417 g/mol. The molecule has 9 heteroatoms. The molecular formula is C22H26FN5O2S. The molecule has 1 N–H and O–H groups in total. The highest BCUT2D eigenvalue weighted by Crippen LogP contribution is 2.31. The van der Waals surface area contributed by atoms with E-state index < -0.39 is 0 Å². The lowest BCUT2D eigenvalue weighted by molar-refractivity contribution is 0.246. The highest BCUT2D eigenvalue weighted by atomic mass is 32.1. The fourth-order valence-electron chi connectivity index (χ4n) is 4.56. The molecule has 7 nitrogen and oxygen atoms in total. The summed E-state index contributed by atoms with van der Waals surface area (Å²) in [5.74, 6) is -0.228. The Balaban J connectivity index is 1.29. The van der Waals surface area contributed by atoms with Crippen molar-refractivity contribution in [1.82, 2.24) is 19.4 Å². The van der Waals surface area contributed by atoms with Crippen LogP contribution in [0.5, 0.6) is 0 Å². The van der Waals surface area contributed by atoms with Gasteiger partial charge < -0.3 is 9.80 Å². The molecule has 2 aromatic heterocycles. The van der Waals surface area contributed by atoms with Gasteiger partial charge in [-0.25, -0.2) is 9.18 Å². The van der Waals surface area contributed by atoms with Crippen LogP contribution in [0.3, 0.4) is 0 Å². The van der Waals surface area contributed by atoms with Gasteiger partial charge in [0.1, 0.15) is 10.6 Å². The highest BCUT2D eigenvalue weighted by Gasteiger charge is 2.23. The summed E-state index contributed by atoms with van der Waals surface area (Å²) in [6, 6.07) is 6.58. The number of H-pyrrole nitrogens is 1. The number of halogens is 1. The first kappa shape index (κ1) is 20.4. The number of piperazine rings is 1. The Kier molecular flexibility index (Phi) is 5.41. The molecule has 0 aliphatic carbocycles. The third-order valence-electron chi connectivity index (χ3n) is 6.38. The molecule has 3 aromatic rings. The average molecular weight is 444 g/mol. The van der Waals surface area contributed by atoms with E-state index in [4.69, 9.17) is 0 Å². The Morgan fingerprint density at radius 2 is 1.77 bits per heavy atom. The van der Waals surface area contributed by atoms with Crippen LogP contribution in [0, 0.1) is 5.82 Å². The molecule has 1 aromatic carbocycles. The number of anilines is 1. The average Bonchev–Trinajstić information content (AvgIpc) is 3.11. The maximum atomic E-state index is 13.2. The first-order chi connectivity index (χ1) is 15.0. The van der Waals surface area contributed by atoms with Gasteiger partial charge in [-0.1, -0.05) is 0 Å². The normalized spacial score (nSPS) is 17.9. The van der Waals surface area contributed by atoms with Gasteiger partial charge >= 0.3 is 5.69 Å². The number of likely N-dealkylation sites (N-methyl/N-ethyl adjacent to an activating group) is 1. The van der Waals surface area contributed by atoms with E-state index >= 15 is 0 Å². The van der Waals surface area contributed by atoms with Crippen LogP contribution in [-0.2, 0) is 19.5 Å². The lowest BCUT2D eigenvalue weighted by Crippen LogP contribution is -2.48. The van der Waals surface area contributed by atoms with Gasteiger partial charge in [0.05, 0.1) is 5.39 Å². The van der Waals surface area contributed by atoms with Gasteiger partial charge in [-0.2, -0.15) is 0 Å². The molecule has 164 valence electrons. The molecule has 1 fully saturated rings. The Hall–Kier alpha value is -2.49. The third kappa shape index (κ3) is 3.93. The summed E-state index contributed by atoms with van der Waals surface area (Å²) in [4.78, 5) is 37.4. The topological polar surface area (TPSA) is 64.6 Å². The lowest BCUT2D eigenvalue weighted by Gasteiger charge is -2.36. The SMILES string of the molecule is CN1CCc2c(sc3[nH]c(=O)n(CCN4CCN(c5ccc(F)cc5)CC4)c(=O)c23)C1. The molecule has 2 aliphatic heterocycles. The maximum absolute atomic E-state index is 13.2. The van der Waals surface area contributed by atoms with Crippen molar-refractivity contribution in [3.63, 3.8) is 0 Å². The van der Waals surface area contributed by atoms with Crippen molar-refractivity contribution in [2.45, 2.75) is 19.5 Å². The zero-order chi connectivity index (χ0) is 21.5. The quantitative estimate of drug-likeness (QED) is 0.665. The number of hydrogen-bond donors (Lipinski definition) is 1. The van der Waals surface area contributed by atoms with Crippen molar-refractivity contribution in [1.29, 1.82) is 0 Å². The second-order valence-corrected chi connectivity index (χ2v) is 9.49. The number of aromatic nitrogens is 2. The molecule has 31 heavy (non-hydrogen) atoms. The monoisotopic (exact) mass is 443 g/mol. The summed E-state index contributed by atoms with van der Waals surface area (Å²) in [5.41, 5.74) is 1.65. The Morgan fingerprint density at radius 3 is 2.52 bits per heavy atom. The van der Waals surface area contributed by atoms with Gasteiger partial charge in [0.25, 0.3) is 5.56 Å². The summed E-state index contributed by atoms with van der Waals surface area (Å²) in [5, 5.41) is 0.703. The highest BCUT2D eigenvalue weighted by molar-refractivity contribution is 7.18. The smallest absolute Gasteiger partial charge is 0.329 e. The summed E-state index contributed by atoms with van der Waals surface area (Å²) >= 11 is 1.54. The van der Waals surface area contributed by atoms with E-state index in [2.05, 4.69) is 26.7 Å². The van der Waals surface area contributed by atoms with Gasteiger partial charge in [-0.05, 0) is 43.3 Å². The first-order valence-electron chi connectivity index (χ1n) is 10.7. The summed E-state index contributed by atoms with van der Waals surface area (Å²) in [6.45, 7) is 6.14. The fraction of sp³-hybridized carbons (Fsp3) is 0.455. The summed E-state index contributed by atoms with van der Waals surface area (Å²) in [6.07, 6.45) is 0.846. The predicted octanol–water partition coefficient (Wildman–Crippen LogP) is 1.70. The Bertz CT molecular complexity index is 1210. The maximum Gasteiger partial charge on any atom is 0.329 e. The van der Waals surface area contributed by atoms with E-state index in [-0.39, 0.29) is 17.1 Å². The lowest BCUT2D eigenvalue weighted by atomic mass is 10.1. The van der Waals surface area contributed by atoms with Crippen LogP contribution < -0.4 is 16.1 Å². The predicted molar refractivity (Wildman–Crippen MR) is 122 cm³/mol. The van der Waals surface area contributed by atoms with Crippen molar-refractivity contribution in [3.05, 3.63) is 61.4 Å². The molecule has 1 saturated heterocycles. The van der Waals surface area contributed by atoms with Gasteiger partial charge in [-0.3, -0.25) is 19.2 Å². The summed E-state index contributed by atoms with van der Waals surface area (Å²) in [7, 11) is 2.07. The number of rotatable bonds is 4. The molecule has 0 saturated carbocycles. The number of benzene rings is 1. The van der Waals surface area contributed by atoms with Crippen LogP contribution >= 0.6 is 11.3 Å². The van der Waals surface area contributed by atoms with Crippen LogP contribution in [0.2, 0.25) is 0 Å². The number of aromatic amines is 1. The number of fused-ring (bicyclic) bond motifs is 3. The van der Waals surface area contributed by atoms with E-state index in [1.54, 1.807) is 12.1 Å². The first-order valence-corrected chi connectivity index (χ1v) is 11.5. The van der Waals surface area contributed by atoms with Crippen molar-refractivity contribution >= 4 is 27.2 Å². The van der Waals surface area contributed by atoms with E-state index in [9.17, 15) is 14.0 Å². The standard InChI is InChI=1S/C22H26FN5O2S/c1-25-7-6-17-18(14-25)31-20-19(17)21(29)28(22(30)24-20)13-10-26-8-11-27(12-9-26)16-4-2-15(23)3-5-16/h2-5H,6-14H2,1H3,(H,24,30). The zero-order valence-electron chi connectivity index (χ0n) is 17.6. The molecule has 0 atom stereocenters. The van der Waals surface area contributed by atoms with Crippen LogP contribution in [0.4, 0.5) is 10.1 Å². The van der Waals surface area contributed by atoms with Gasteiger partial charge in [-0.15, -0.1) is 11.3 Å². The third-order valence-corrected chi connectivity index (χ3v) is 7.51.